The summed E-state index contributed by atoms with van der Waals surface area (Å²) >= 11 is -1.06. The van der Waals surface area contributed by atoms with Crippen LogP contribution < -0.4 is 0 Å². The van der Waals surface area contributed by atoms with E-state index in [4.69, 9.17) is 11.9 Å². The van der Waals surface area contributed by atoms with E-state index in [9.17, 15) is 0 Å². The Labute approximate surface area is 158 Å². The first-order valence-electron chi connectivity index (χ1n) is 6.92. The largest absolute Gasteiger partial charge is 0.748 e. The second-order valence-electron chi connectivity index (χ2n) is 4.91. The van der Waals surface area contributed by atoms with Crippen LogP contribution in [0.15, 0.2) is 60.7 Å². The fourth-order valence-electron chi connectivity index (χ4n) is 1.14. The fourth-order valence-corrected chi connectivity index (χ4v) is 5.14. The van der Waals surface area contributed by atoms with Crippen LogP contribution >= 0.6 is 27.8 Å². The first-order chi connectivity index (χ1) is 10.0. The van der Waals surface area contributed by atoms with Crippen molar-refractivity contribution in [2.45, 2.75) is 0 Å². The van der Waals surface area contributed by atoms with Crippen LogP contribution in [0.4, 0.5) is 0 Å². The molecule has 0 saturated carbocycles. The molecule has 2 aromatic rings. The minimum atomic E-state index is -1.06. The van der Waals surface area contributed by atoms with E-state index in [1.54, 1.807) is 0 Å². The third kappa shape index (κ3) is 30.0. The summed E-state index contributed by atoms with van der Waals surface area (Å²) in [5, 5.41) is 0. The molecular weight excluding hydrogens is 557 g/mol. The molecule has 0 unspecified atom stereocenters. The molecule has 0 bridgehead atoms. The Bertz CT molecular complexity index is 266. The van der Waals surface area contributed by atoms with E-state index in [-0.39, 0.29) is 15.8 Å². The number of halogens is 2. The summed E-state index contributed by atoms with van der Waals surface area (Å²) in [7, 11) is 0.191. The van der Waals surface area contributed by atoms with Gasteiger partial charge in [0.25, 0.3) is 0 Å². The van der Waals surface area contributed by atoms with Crippen LogP contribution in [0.3, 0.4) is 0 Å². The van der Waals surface area contributed by atoms with E-state index >= 15 is 0 Å². The van der Waals surface area contributed by atoms with Crippen LogP contribution in [0, 0.1) is 32.8 Å². The second kappa shape index (κ2) is 21.5. The van der Waals surface area contributed by atoms with Crippen molar-refractivity contribution in [2.75, 3.05) is 39.0 Å². The second-order valence-corrected chi connectivity index (χ2v) is 16.6. The van der Waals surface area contributed by atoms with Gasteiger partial charge in [0.05, 0.1) is 12.3 Å². The maximum atomic E-state index is 4.97. The summed E-state index contributed by atoms with van der Waals surface area (Å²) in [6.45, 7) is 9.59. The maximum absolute atomic E-state index is 4.97. The molecule has 0 radical (unpaired) electrons. The molecule has 0 atom stereocenters. The van der Waals surface area contributed by atoms with Crippen molar-refractivity contribution in [3.05, 3.63) is 60.7 Å². The smallest absolute Gasteiger partial charge is 0.172 e. The molecule has 0 aliphatic rings. The molecule has 0 fully saturated rings. The molecule has 124 valence electrons. The quantitative estimate of drug-likeness (QED) is 0.301. The number of hydrogen-bond donors (Lipinski definition) is 0. The van der Waals surface area contributed by atoms with E-state index in [0.29, 0.717) is 0 Å². The zero-order chi connectivity index (χ0) is 16.3. The summed E-state index contributed by atoms with van der Waals surface area (Å²) in [5.74, 6) is 9.95. The average molecular weight is 585 g/mol. The van der Waals surface area contributed by atoms with Crippen molar-refractivity contribution in [3.63, 3.8) is 0 Å². The molecule has 21 heavy (non-hydrogen) atoms. The Balaban J connectivity index is 0. The maximum Gasteiger partial charge on any atom is -0.172 e. The predicted molar refractivity (Wildman–Crippen MR) is 106 cm³/mol. The molecule has 0 N–H and O–H groups in total. The Kier molecular flexibility index (Phi) is 25.3. The van der Waals surface area contributed by atoms with Gasteiger partial charge in [0.15, 0.2) is 0 Å². The Hall–Kier alpha value is 1.46. The molecular formula is C16H28Cl2P2Th-4. The summed E-state index contributed by atoms with van der Waals surface area (Å²) in [5.41, 5.74) is 0. The molecule has 0 heterocycles. The van der Waals surface area contributed by atoms with Gasteiger partial charge < -0.3 is 30.3 Å². The van der Waals surface area contributed by atoms with Crippen molar-refractivity contribution in [1.29, 1.82) is 0 Å². The van der Waals surface area contributed by atoms with Gasteiger partial charge in [-0.3, -0.25) is 0 Å². The van der Waals surface area contributed by atoms with E-state index in [1.165, 1.54) is 12.3 Å². The molecule has 2 rings (SSSR count). The van der Waals surface area contributed by atoms with Crippen LogP contribution in [0.1, 0.15) is 0 Å². The molecule has 2 aromatic carbocycles. The minimum Gasteiger partial charge on any atom is -0.748 e. The Morgan fingerprint density at radius 2 is 1.05 bits per heavy atom. The monoisotopic (exact) mass is 584 g/mol. The van der Waals surface area contributed by atoms with E-state index in [2.05, 4.69) is 26.7 Å². The molecule has 5 heteroatoms. The first kappa shape index (κ1) is 24.7. The minimum absolute atomic E-state index is 0.0957. The van der Waals surface area contributed by atoms with Gasteiger partial charge in [-0.1, -0.05) is 0 Å². The van der Waals surface area contributed by atoms with Gasteiger partial charge in [0.1, 0.15) is 0 Å². The van der Waals surface area contributed by atoms with E-state index in [1.807, 2.05) is 60.7 Å². The molecule has 0 aliphatic carbocycles. The average Bonchev–Trinajstić information content (AvgIpc) is 3.14. The first-order valence-corrected chi connectivity index (χ1v) is 22.4. The topological polar surface area (TPSA) is 0 Å². The zero-order valence-corrected chi connectivity index (χ0v) is 21.1. The van der Waals surface area contributed by atoms with Crippen LogP contribution in [0.2, 0.25) is 0 Å². The van der Waals surface area contributed by atoms with Gasteiger partial charge in [-0.25, -0.2) is 12.1 Å². The van der Waals surface area contributed by atoms with Crippen molar-refractivity contribution < 1.29 is 32.8 Å². The van der Waals surface area contributed by atoms with Gasteiger partial charge in [0, 0.05) is 26.7 Å². The van der Waals surface area contributed by atoms with Gasteiger partial charge in [-0.15, -0.1) is 0 Å². The van der Waals surface area contributed by atoms with Crippen molar-refractivity contribution >= 4 is 27.8 Å². The van der Waals surface area contributed by atoms with Gasteiger partial charge >= 0.3 is 44.7 Å². The van der Waals surface area contributed by atoms with Gasteiger partial charge in [0.2, 0.25) is 0 Å². The molecule has 0 aliphatic heterocycles. The van der Waals surface area contributed by atoms with Gasteiger partial charge in [-0.05, 0) is 15.8 Å². The standard InChI is InChI=1S/C6H16P2.2C5H5.2ClH.Th/c1-7(2)5-6-8(3)4;2*1-2-4-5-3-1;;;/h5-6H2,1-4H3;2*1-5H;2*1H;/q;-5;-1;;;+2. The van der Waals surface area contributed by atoms with Crippen LogP contribution in [0.5, 0.6) is 0 Å². The molecule has 0 spiro atoms. The van der Waals surface area contributed by atoms with Crippen molar-refractivity contribution in [1.82, 2.24) is 0 Å². The molecule has 0 amide bonds. The summed E-state index contributed by atoms with van der Waals surface area (Å²) in [4.78, 5) is 0. The summed E-state index contributed by atoms with van der Waals surface area (Å²) in [6.07, 6.45) is 3.07. The summed E-state index contributed by atoms with van der Waals surface area (Å²) in [6, 6.07) is 20.0. The van der Waals surface area contributed by atoms with E-state index < -0.39 is 32.8 Å². The molecule has 0 nitrogen and oxygen atoms in total. The Morgan fingerprint density at radius 1 is 0.762 bits per heavy atom. The zero-order valence-electron chi connectivity index (χ0n) is 13.4. The normalized spacial score (nSPS) is 8.57. The summed E-state index contributed by atoms with van der Waals surface area (Å²) < 4.78 is 0. The molecule has 0 saturated heterocycles. The van der Waals surface area contributed by atoms with Crippen LogP contribution in [0.25, 0.3) is 0 Å². The fraction of sp³-hybridized carbons (Fsp3) is 0.375. The SMILES string of the molecule is C[PH+](C)CC[PH+](C)C.[Cl][Th][Cl].[cH-]1[cH-][cH-][cH-][cH-]1.c1cc[cH-]c1. The third-order valence-corrected chi connectivity index (χ3v) is 5.24. The number of hydrogen-bond acceptors (Lipinski definition) is 0. The van der Waals surface area contributed by atoms with Crippen LogP contribution in [-0.4, -0.2) is 39.0 Å². The third-order valence-electron chi connectivity index (χ3n) is 2.24. The van der Waals surface area contributed by atoms with Gasteiger partial charge in [-0.2, -0.15) is 18.2 Å². The molecule has 0 aromatic heterocycles. The van der Waals surface area contributed by atoms with Crippen molar-refractivity contribution in [2.24, 2.45) is 0 Å². The number of rotatable bonds is 3. The van der Waals surface area contributed by atoms with Crippen molar-refractivity contribution in [3.8, 4) is 0 Å². The predicted octanol–water partition coefficient (Wildman–Crippen LogP) is 6.12. The van der Waals surface area contributed by atoms with Crippen LogP contribution in [-0.2, 0) is 0 Å². The van der Waals surface area contributed by atoms with E-state index in [0.717, 1.165) is 0 Å². The Morgan fingerprint density at radius 3 is 1.19 bits per heavy atom.